The van der Waals surface area contributed by atoms with Gasteiger partial charge < -0.3 is 5.32 Å². The minimum Gasteiger partial charge on any atom is -0.353 e. The van der Waals surface area contributed by atoms with E-state index in [9.17, 15) is 4.79 Å². The zero-order valence-electron chi connectivity index (χ0n) is 8.93. The summed E-state index contributed by atoms with van der Waals surface area (Å²) in [5.41, 5.74) is 0. The predicted molar refractivity (Wildman–Crippen MR) is 56.9 cm³/mol. The SMILES string of the molecule is CCC(C)C(=O)NC(C)C(C)CCl. The molecule has 0 heterocycles. The van der Waals surface area contributed by atoms with Crippen molar-refractivity contribution < 1.29 is 4.79 Å². The van der Waals surface area contributed by atoms with Gasteiger partial charge in [0.05, 0.1) is 0 Å². The highest BCUT2D eigenvalue weighted by atomic mass is 35.5. The van der Waals surface area contributed by atoms with Gasteiger partial charge in [-0.1, -0.05) is 20.8 Å². The number of amides is 1. The van der Waals surface area contributed by atoms with Gasteiger partial charge in [-0.05, 0) is 19.3 Å². The van der Waals surface area contributed by atoms with Crippen LogP contribution >= 0.6 is 11.6 Å². The van der Waals surface area contributed by atoms with Gasteiger partial charge in [0.25, 0.3) is 0 Å². The van der Waals surface area contributed by atoms with E-state index >= 15 is 0 Å². The summed E-state index contributed by atoms with van der Waals surface area (Å²) in [7, 11) is 0. The van der Waals surface area contributed by atoms with Crippen LogP contribution in [0.2, 0.25) is 0 Å². The average molecular weight is 206 g/mol. The van der Waals surface area contributed by atoms with Crippen LogP contribution in [0, 0.1) is 11.8 Å². The Bertz CT molecular complexity index is 161. The molecule has 13 heavy (non-hydrogen) atoms. The van der Waals surface area contributed by atoms with Crippen molar-refractivity contribution in [1.29, 1.82) is 0 Å². The maximum absolute atomic E-state index is 11.5. The van der Waals surface area contributed by atoms with E-state index < -0.39 is 0 Å². The fraction of sp³-hybridized carbons (Fsp3) is 0.900. The molecular weight excluding hydrogens is 186 g/mol. The number of halogens is 1. The van der Waals surface area contributed by atoms with E-state index in [1.54, 1.807) is 0 Å². The molecule has 0 fully saturated rings. The van der Waals surface area contributed by atoms with Crippen molar-refractivity contribution in [2.75, 3.05) is 5.88 Å². The summed E-state index contributed by atoms with van der Waals surface area (Å²) in [5.74, 6) is 1.15. The largest absolute Gasteiger partial charge is 0.353 e. The molecule has 0 aromatic rings. The molecule has 1 amide bonds. The number of carbonyl (C=O) groups excluding carboxylic acids is 1. The number of alkyl halides is 1. The lowest BCUT2D eigenvalue weighted by Gasteiger charge is -2.20. The van der Waals surface area contributed by atoms with E-state index in [0.29, 0.717) is 11.8 Å². The van der Waals surface area contributed by atoms with Crippen molar-refractivity contribution in [2.45, 2.75) is 40.2 Å². The highest BCUT2D eigenvalue weighted by Gasteiger charge is 2.16. The van der Waals surface area contributed by atoms with Crippen LogP contribution in [0.1, 0.15) is 34.1 Å². The Balaban J connectivity index is 3.91. The molecule has 0 aromatic carbocycles. The maximum atomic E-state index is 11.5. The Labute approximate surface area is 86.0 Å². The standard InChI is InChI=1S/C10H20ClNO/c1-5-7(2)10(13)12-9(4)8(3)6-11/h7-9H,5-6H2,1-4H3,(H,12,13). The topological polar surface area (TPSA) is 29.1 Å². The van der Waals surface area contributed by atoms with Crippen LogP contribution in [0.15, 0.2) is 0 Å². The smallest absolute Gasteiger partial charge is 0.223 e. The van der Waals surface area contributed by atoms with Crippen LogP contribution < -0.4 is 5.32 Å². The lowest BCUT2D eigenvalue weighted by Crippen LogP contribution is -2.40. The minimum absolute atomic E-state index is 0.102. The van der Waals surface area contributed by atoms with E-state index in [-0.39, 0.29) is 17.9 Å². The van der Waals surface area contributed by atoms with Gasteiger partial charge in [0.2, 0.25) is 5.91 Å². The number of hydrogen-bond donors (Lipinski definition) is 1. The maximum Gasteiger partial charge on any atom is 0.223 e. The minimum atomic E-state index is 0.102. The third kappa shape index (κ3) is 4.51. The Morgan fingerprint density at radius 3 is 2.31 bits per heavy atom. The molecule has 3 unspecified atom stereocenters. The van der Waals surface area contributed by atoms with Crippen molar-refractivity contribution in [3.05, 3.63) is 0 Å². The van der Waals surface area contributed by atoms with E-state index in [4.69, 9.17) is 11.6 Å². The van der Waals surface area contributed by atoms with Crippen molar-refractivity contribution in [1.82, 2.24) is 5.32 Å². The molecule has 0 aliphatic heterocycles. The van der Waals surface area contributed by atoms with Gasteiger partial charge in [0.15, 0.2) is 0 Å². The normalized spacial score (nSPS) is 17.6. The molecule has 0 saturated heterocycles. The summed E-state index contributed by atoms with van der Waals surface area (Å²) in [6.45, 7) is 7.98. The molecule has 0 radical (unpaired) electrons. The van der Waals surface area contributed by atoms with Gasteiger partial charge in [-0.15, -0.1) is 11.6 Å². The van der Waals surface area contributed by atoms with Gasteiger partial charge in [0, 0.05) is 17.8 Å². The Kier molecular flexibility index (Phi) is 6.13. The van der Waals surface area contributed by atoms with E-state index in [2.05, 4.69) is 5.32 Å². The fourth-order valence-electron chi connectivity index (χ4n) is 0.828. The number of carbonyl (C=O) groups is 1. The molecule has 2 nitrogen and oxygen atoms in total. The van der Waals surface area contributed by atoms with Gasteiger partial charge in [-0.3, -0.25) is 4.79 Å². The highest BCUT2D eigenvalue weighted by Crippen LogP contribution is 2.07. The lowest BCUT2D eigenvalue weighted by atomic mass is 10.0. The zero-order valence-corrected chi connectivity index (χ0v) is 9.69. The van der Waals surface area contributed by atoms with Gasteiger partial charge in [0.1, 0.15) is 0 Å². The van der Waals surface area contributed by atoms with Crippen LogP contribution in [0.25, 0.3) is 0 Å². The van der Waals surface area contributed by atoms with E-state index in [0.717, 1.165) is 6.42 Å². The van der Waals surface area contributed by atoms with Crippen LogP contribution in [-0.4, -0.2) is 17.8 Å². The molecule has 0 aliphatic rings. The first-order chi connectivity index (χ1) is 6.02. The number of rotatable bonds is 5. The second-order valence-electron chi connectivity index (χ2n) is 3.74. The predicted octanol–water partition coefficient (Wildman–Crippen LogP) is 2.41. The summed E-state index contributed by atoms with van der Waals surface area (Å²) < 4.78 is 0. The van der Waals surface area contributed by atoms with Gasteiger partial charge >= 0.3 is 0 Å². The molecule has 0 rings (SSSR count). The van der Waals surface area contributed by atoms with Crippen LogP contribution in [-0.2, 0) is 4.79 Å². The Morgan fingerprint density at radius 2 is 1.92 bits per heavy atom. The Hall–Kier alpha value is -0.240. The fourth-order valence-corrected chi connectivity index (χ4v) is 1.10. The second kappa shape index (κ2) is 6.25. The first kappa shape index (κ1) is 12.8. The van der Waals surface area contributed by atoms with Crippen LogP contribution in [0.4, 0.5) is 0 Å². The molecular formula is C10H20ClNO. The average Bonchev–Trinajstić information content (AvgIpc) is 2.14. The second-order valence-corrected chi connectivity index (χ2v) is 4.05. The van der Waals surface area contributed by atoms with Crippen LogP contribution in [0.3, 0.4) is 0 Å². The van der Waals surface area contributed by atoms with Crippen molar-refractivity contribution in [3.8, 4) is 0 Å². The van der Waals surface area contributed by atoms with Crippen LogP contribution in [0.5, 0.6) is 0 Å². The molecule has 1 N–H and O–H groups in total. The lowest BCUT2D eigenvalue weighted by molar-refractivity contribution is -0.125. The summed E-state index contributed by atoms with van der Waals surface area (Å²) in [6, 6.07) is 0.166. The first-order valence-electron chi connectivity index (χ1n) is 4.89. The highest BCUT2D eigenvalue weighted by molar-refractivity contribution is 6.18. The number of nitrogens with one attached hydrogen (secondary N) is 1. The molecule has 78 valence electrons. The molecule has 0 aliphatic carbocycles. The van der Waals surface area contributed by atoms with Crippen molar-refractivity contribution in [2.24, 2.45) is 11.8 Å². The van der Waals surface area contributed by atoms with Gasteiger partial charge in [-0.25, -0.2) is 0 Å². The van der Waals surface area contributed by atoms with Crippen molar-refractivity contribution >= 4 is 17.5 Å². The van der Waals surface area contributed by atoms with E-state index in [1.807, 2.05) is 27.7 Å². The third-order valence-corrected chi connectivity index (χ3v) is 3.01. The van der Waals surface area contributed by atoms with Gasteiger partial charge in [-0.2, -0.15) is 0 Å². The quantitative estimate of drug-likeness (QED) is 0.687. The van der Waals surface area contributed by atoms with Crippen molar-refractivity contribution in [3.63, 3.8) is 0 Å². The molecule has 0 aromatic heterocycles. The summed E-state index contributed by atoms with van der Waals surface area (Å²) in [4.78, 5) is 11.5. The Morgan fingerprint density at radius 1 is 1.38 bits per heavy atom. The molecule has 0 bridgehead atoms. The molecule has 3 atom stereocenters. The number of hydrogen-bond acceptors (Lipinski definition) is 1. The molecule has 0 saturated carbocycles. The molecule has 3 heteroatoms. The summed E-state index contributed by atoms with van der Waals surface area (Å²) in [6.07, 6.45) is 0.883. The summed E-state index contributed by atoms with van der Waals surface area (Å²) in [5, 5.41) is 2.96. The first-order valence-corrected chi connectivity index (χ1v) is 5.42. The third-order valence-electron chi connectivity index (χ3n) is 2.53. The molecule has 0 spiro atoms. The van der Waals surface area contributed by atoms with E-state index in [1.165, 1.54) is 0 Å². The zero-order chi connectivity index (χ0) is 10.4. The monoisotopic (exact) mass is 205 g/mol. The summed E-state index contributed by atoms with van der Waals surface area (Å²) >= 11 is 5.69.